The van der Waals surface area contributed by atoms with Crippen molar-refractivity contribution in [2.75, 3.05) is 18.5 Å². The van der Waals surface area contributed by atoms with Gasteiger partial charge < -0.3 is 10.1 Å². The van der Waals surface area contributed by atoms with Crippen LogP contribution in [0.2, 0.25) is 5.02 Å². The van der Waals surface area contributed by atoms with Gasteiger partial charge in [-0.25, -0.2) is 0 Å². The molecule has 0 atom stereocenters. The summed E-state index contributed by atoms with van der Waals surface area (Å²) in [5, 5.41) is 12.1. The van der Waals surface area contributed by atoms with Crippen LogP contribution >= 0.6 is 22.9 Å². The van der Waals surface area contributed by atoms with Crippen LogP contribution in [-0.4, -0.2) is 46.0 Å². The standard InChI is InChI=1S/C21H17ClN4O4S/c22-15-7-3-4-8-16(15)30-12-10-17(27)23-21-25-24-18(31-21)9-11-26-19(28)13-5-1-2-6-14(13)20(26)29/h1-8H,9-12H2,(H,23,25,27). The summed E-state index contributed by atoms with van der Waals surface area (Å²) >= 11 is 7.20. The van der Waals surface area contributed by atoms with Gasteiger partial charge in [-0.2, -0.15) is 0 Å². The van der Waals surface area contributed by atoms with Crippen molar-refractivity contribution in [2.45, 2.75) is 12.8 Å². The Balaban J connectivity index is 1.25. The number of aromatic nitrogens is 2. The van der Waals surface area contributed by atoms with E-state index in [2.05, 4.69) is 15.5 Å². The molecule has 3 amide bonds. The Labute approximate surface area is 186 Å². The van der Waals surface area contributed by atoms with E-state index in [0.717, 1.165) is 0 Å². The maximum atomic E-state index is 12.4. The monoisotopic (exact) mass is 456 g/mol. The minimum Gasteiger partial charge on any atom is -0.491 e. The first kappa shape index (κ1) is 21.0. The number of nitrogens with one attached hydrogen (secondary N) is 1. The van der Waals surface area contributed by atoms with Crippen LogP contribution < -0.4 is 10.1 Å². The second-order valence-corrected chi connectivity index (χ2v) is 8.10. The summed E-state index contributed by atoms with van der Waals surface area (Å²) in [5.74, 6) is -0.368. The van der Waals surface area contributed by atoms with E-state index in [0.29, 0.717) is 38.5 Å². The smallest absolute Gasteiger partial charge is 0.261 e. The molecule has 1 N–H and O–H groups in total. The highest BCUT2D eigenvalue weighted by Crippen LogP contribution is 2.24. The zero-order chi connectivity index (χ0) is 21.8. The van der Waals surface area contributed by atoms with Gasteiger partial charge >= 0.3 is 0 Å². The predicted molar refractivity (Wildman–Crippen MR) is 116 cm³/mol. The summed E-state index contributed by atoms with van der Waals surface area (Å²) in [6.45, 7) is 0.363. The summed E-state index contributed by atoms with van der Waals surface area (Å²) in [6.07, 6.45) is 0.476. The Hall–Kier alpha value is -3.30. The third-order valence-electron chi connectivity index (χ3n) is 4.56. The van der Waals surface area contributed by atoms with E-state index >= 15 is 0 Å². The molecule has 158 valence electrons. The number of carbonyl (C=O) groups is 3. The Morgan fingerprint density at radius 1 is 1.03 bits per heavy atom. The Bertz CT molecular complexity index is 1110. The lowest BCUT2D eigenvalue weighted by Crippen LogP contribution is -2.31. The minimum atomic E-state index is -0.308. The molecular formula is C21H17ClN4O4S. The first-order chi connectivity index (χ1) is 15.0. The van der Waals surface area contributed by atoms with Gasteiger partial charge in [-0.3, -0.25) is 19.3 Å². The van der Waals surface area contributed by atoms with E-state index in [9.17, 15) is 14.4 Å². The van der Waals surface area contributed by atoms with Gasteiger partial charge in [0.05, 0.1) is 29.2 Å². The van der Waals surface area contributed by atoms with E-state index in [1.54, 1.807) is 48.5 Å². The molecule has 0 saturated heterocycles. The Kier molecular flexibility index (Phi) is 6.24. The normalized spacial score (nSPS) is 12.7. The Morgan fingerprint density at radius 3 is 2.42 bits per heavy atom. The lowest BCUT2D eigenvalue weighted by molar-refractivity contribution is -0.116. The van der Waals surface area contributed by atoms with Crippen LogP contribution in [0.5, 0.6) is 5.75 Å². The highest BCUT2D eigenvalue weighted by atomic mass is 35.5. The van der Waals surface area contributed by atoms with Crippen LogP contribution in [-0.2, 0) is 11.2 Å². The molecule has 4 rings (SSSR count). The molecule has 0 unspecified atom stereocenters. The van der Waals surface area contributed by atoms with Gasteiger partial charge in [-0.1, -0.05) is 47.2 Å². The molecule has 0 saturated carbocycles. The average Bonchev–Trinajstić information content (AvgIpc) is 3.31. The molecule has 1 aliphatic rings. The van der Waals surface area contributed by atoms with Crippen LogP contribution in [0.4, 0.5) is 5.13 Å². The molecule has 0 spiro atoms. The molecule has 1 aromatic heterocycles. The van der Waals surface area contributed by atoms with E-state index in [1.807, 2.05) is 0 Å². The summed E-state index contributed by atoms with van der Waals surface area (Å²) < 4.78 is 5.50. The first-order valence-corrected chi connectivity index (χ1v) is 10.7. The number of benzene rings is 2. The van der Waals surface area contributed by atoms with E-state index in [4.69, 9.17) is 16.3 Å². The van der Waals surface area contributed by atoms with Crippen molar-refractivity contribution in [3.63, 3.8) is 0 Å². The fourth-order valence-electron chi connectivity index (χ4n) is 3.05. The molecule has 0 radical (unpaired) electrons. The van der Waals surface area contributed by atoms with Crippen molar-refractivity contribution in [2.24, 2.45) is 0 Å². The third kappa shape index (κ3) is 4.73. The number of nitrogens with zero attached hydrogens (tertiary/aromatic N) is 3. The molecule has 0 fully saturated rings. The summed E-state index contributed by atoms with van der Waals surface area (Å²) in [6, 6.07) is 13.8. The quantitative estimate of drug-likeness (QED) is 0.521. The zero-order valence-electron chi connectivity index (χ0n) is 16.2. The van der Waals surface area contributed by atoms with Crippen LogP contribution in [0.25, 0.3) is 0 Å². The molecule has 3 aromatic rings. The van der Waals surface area contributed by atoms with Gasteiger partial charge in [0, 0.05) is 13.0 Å². The number of hydrogen-bond donors (Lipinski definition) is 1. The molecule has 0 aliphatic carbocycles. The van der Waals surface area contributed by atoms with Gasteiger partial charge in [-0.05, 0) is 24.3 Å². The number of hydrogen-bond acceptors (Lipinski definition) is 7. The SMILES string of the molecule is O=C(CCOc1ccccc1Cl)Nc1nnc(CCN2C(=O)c3ccccc3C2=O)s1. The molecule has 1 aliphatic heterocycles. The molecule has 2 heterocycles. The highest BCUT2D eigenvalue weighted by Gasteiger charge is 2.34. The number of carbonyl (C=O) groups excluding carboxylic acids is 3. The highest BCUT2D eigenvalue weighted by molar-refractivity contribution is 7.15. The molecule has 2 aromatic carbocycles. The van der Waals surface area contributed by atoms with Gasteiger partial charge in [0.15, 0.2) is 0 Å². The molecular weight excluding hydrogens is 440 g/mol. The van der Waals surface area contributed by atoms with Gasteiger partial charge in [-0.15, -0.1) is 10.2 Å². The minimum absolute atomic E-state index is 0.120. The van der Waals surface area contributed by atoms with Crippen molar-refractivity contribution in [1.29, 1.82) is 0 Å². The fourth-order valence-corrected chi connectivity index (χ4v) is 3.99. The van der Waals surface area contributed by atoms with E-state index in [1.165, 1.54) is 16.2 Å². The zero-order valence-corrected chi connectivity index (χ0v) is 17.8. The van der Waals surface area contributed by atoms with Crippen molar-refractivity contribution < 1.29 is 19.1 Å². The van der Waals surface area contributed by atoms with Crippen LogP contribution in [0.1, 0.15) is 32.1 Å². The van der Waals surface area contributed by atoms with Crippen molar-refractivity contribution in [1.82, 2.24) is 15.1 Å². The van der Waals surface area contributed by atoms with Crippen molar-refractivity contribution in [3.05, 3.63) is 69.7 Å². The van der Waals surface area contributed by atoms with Gasteiger partial charge in [0.1, 0.15) is 10.8 Å². The van der Waals surface area contributed by atoms with Crippen molar-refractivity contribution in [3.8, 4) is 5.75 Å². The number of anilines is 1. The van der Waals surface area contributed by atoms with Crippen LogP contribution in [0.3, 0.4) is 0 Å². The second kappa shape index (κ2) is 9.23. The summed E-state index contributed by atoms with van der Waals surface area (Å²) in [5.41, 5.74) is 0.827. The lowest BCUT2D eigenvalue weighted by Gasteiger charge is -2.12. The topological polar surface area (TPSA) is 101 Å². The maximum absolute atomic E-state index is 12.4. The van der Waals surface area contributed by atoms with E-state index in [-0.39, 0.29) is 37.3 Å². The largest absolute Gasteiger partial charge is 0.491 e. The lowest BCUT2D eigenvalue weighted by atomic mass is 10.1. The number of ether oxygens (including phenoxy) is 1. The van der Waals surface area contributed by atoms with Crippen LogP contribution in [0.15, 0.2) is 48.5 Å². The summed E-state index contributed by atoms with van der Waals surface area (Å²) in [7, 11) is 0. The predicted octanol–water partition coefficient (Wildman–Crippen LogP) is 3.44. The number of rotatable bonds is 8. The van der Waals surface area contributed by atoms with Gasteiger partial charge in [0.25, 0.3) is 11.8 Å². The fraction of sp³-hybridized carbons (Fsp3) is 0.190. The van der Waals surface area contributed by atoms with Crippen LogP contribution in [0, 0.1) is 0 Å². The number of para-hydroxylation sites is 1. The number of amides is 3. The number of halogens is 1. The molecule has 31 heavy (non-hydrogen) atoms. The molecule has 0 bridgehead atoms. The first-order valence-electron chi connectivity index (χ1n) is 9.47. The second-order valence-electron chi connectivity index (χ2n) is 6.64. The number of fused-ring (bicyclic) bond motifs is 1. The molecule has 8 nitrogen and oxygen atoms in total. The Morgan fingerprint density at radius 2 is 1.71 bits per heavy atom. The van der Waals surface area contributed by atoms with E-state index < -0.39 is 0 Å². The van der Waals surface area contributed by atoms with Gasteiger partial charge in [0.2, 0.25) is 11.0 Å². The third-order valence-corrected chi connectivity index (χ3v) is 5.77. The average molecular weight is 457 g/mol. The van der Waals surface area contributed by atoms with Crippen molar-refractivity contribution >= 4 is 45.8 Å². The summed E-state index contributed by atoms with van der Waals surface area (Å²) in [4.78, 5) is 38.1. The molecule has 10 heteroatoms. The maximum Gasteiger partial charge on any atom is 0.261 e. The number of imide groups is 1.